The van der Waals surface area contributed by atoms with Crippen LogP contribution in [0.25, 0.3) is 0 Å². The molecule has 14 heavy (non-hydrogen) atoms. The Morgan fingerprint density at radius 2 is 1.43 bits per heavy atom. The third-order valence-corrected chi connectivity index (χ3v) is 1.78. The van der Waals surface area contributed by atoms with Gasteiger partial charge in [0, 0.05) is 5.56 Å². The molecule has 0 aliphatic heterocycles. The van der Waals surface area contributed by atoms with Gasteiger partial charge in [0.25, 0.3) is 5.79 Å². The minimum Gasteiger partial charge on any atom is -0.237 e. The molecule has 0 spiro atoms. The molecular formula is C10H14O4. The van der Waals surface area contributed by atoms with Crippen molar-refractivity contribution < 1.29 is 19.6 Å². The van der Waals surface area contributed by atoms with Crippen molar-refractivity contribution in [2.45, 2.75) is 12.7 Å². The Morgan fingerprint density at radius 1 is 0.929 bits per heavy atom. The van der Waals surface area contributed by atoms with Gasteiger partial charge in [0.1, 0.15) is 0 Å². The number of hydrogen-bond donors (Lipinski definition) is 0. The van der Waals surface area contributed by atoms with Crippen LogP contribution in [0.2, 0.25) is 0 Å². The van der Waals surface area contributed by atoms with Crippen molar-refractivity contribution in [1.82, 2.24) is 0 Å². The van der Waals surface area contributed by atoms with Crippen molar-refractivity contribution in [2.24, 2.45) is 0 Å². The lowest BCUT2D eigenvalue weighted by atomic mass is 10.1. The van der Waals surface area contributed by atoms with E-state index in [-0.39, 0.29) is 0 Å². The normalized spacial score (nSPS) is 11.6. The van der Waals surface area contributed by atoms with Gasteiger partial charge in [-0.05, 0) is 6.92 Å². The smallest absolute Gasteiger partial charge is 0.237 e. The maximum absolute atomic E-state index is 5.01. The number of hydrogen-bond acceptors (Lipinski definition) is 4. The van der Waals surface area contributed by atoms with Gasteiger partial charge >= 0.3 is 0 Å². The first-order valence-corrected chi connectivity index (χ1v) is 4.22. The van der Waals surface area contributed by atoms with E-state index in [1.54, 1.807) is 6.92 Å². The van der Waals surface area contributed by atoms with Crippen molar-refractivity contribution in [3.8, 4) is 0 Å². The molecule has 0 radical (unpaired) electrons. The van der Waals surface area contributed by atoms with Gasteiger partial charge in [0.2, 0.25) is 0 Å². The van der Waals surface area contributed by atoms with E-state index in [4.69, 9.17) is 9.78 Å². The lowest BCUT2D eigenvalue weighted by Gasteiger charge is -2.25. The molecule has 0 aliphatic carbocycles. The molecule has 0 fully saturated rings. The van der Waals surface area contributed by atoms with Gasteiger partial charge in [-0.2, -0.15) is 9.78 Å². The fourth-order valence-electron chi connectivity index (χ4n) is 1.17. The highest BCUT2D eigenvalue weighted by Crippen LogP contribution is 2.26. The molecule has 0 saturated carbocycles. The van der Waals surface area contributed by atoms with E-state index in [9.17, 15) is 0 Å². The predicted molar refractivity (Wildman–Crippen MR) is 50.0 cm³/mol. The summed E-state index contributed by atoms with van der Waals surface area (Å²) >= 11 is 0. The van der Waals surface area contributed by atoms with Crippen molar-refractivity contribution in [2.75, 3.05) is 14.2 Å². The summed E-state index contributed by atoms with van der Waals surface area (Å²) in [5, 5.41) is 0. The zero-order valence-electron chi connectivity index (χ0n) is 8.52. The predicted octanol–water partition coefficient (Wildman–Crippen LogP) is 2.02. The second kappa shape index (κ2) is 5.07. The van der Waals surface area contributed by atoms with Crippen molar-refractivity contribution >= 4 is 0 Å². The summed E-state index contributed by atoms with van der Waals surface area (Å²) < 4.78 is 0. The van der Waals surface area contributed by atoms with Crippen LogP contribution in [0.1, 0.15) is 12.5 Å². The van der Waals surface area contributed by atoms with E-state index >= 15 is 0 Å². The van der Waals surface area contributed by atoms with Crippen LogP contribution in [0.4, 0.5) is 0 Å². The second-order valence-electron chi connectivity index (χ2n) is 2.81. The molecule has 1 rings (SSSR count). The fourth-order valence-corrected chi connectivity index (χ4v) is 1.17. The molecule has 0 aliphatic rings. The topological polar surface area (TPSA) is 36.9 Å². The lowest BCUT2D eigenvalue weighted by Crippen LogP contribution is -2.28. The molecule has 4 heteroatoms. The summed E-state index contributed by atoms with van der Waals surface area (Å²) in [6.45, 7) is 1.70. The average Bonchev–Trinajstić information content (AvgIpc) is 2.20. The van der Waals surface area contributed by atoms with E-state index in [2.05, 4.69) is 9.78 Å². The minimum atomic E-state index is -1.05. The van der Waals surface area contributed by atoms with Crippen LogP contribution in [-0.4, -0.2) is 14.2 Å². The van der Waals surface area contributed by atoms with E-state index in [0.717, 1.165) is 5.56 Å². The Kier molecular flexibility index (Phi) is 4.03. The van der Waals surface area contributed by atoms with Gasteiger partial charge in [0.15, 0.2) is 0 Å². The maximum atomic E-state index is 5.01. The summed E-state index contributed by atoms with van der Waals surface area (Å²) in [6.07, 6.45) is 0. The average molecular weight is 198 g/mol. The van der Waals surface area contributed by atoms with Crippen LogP contribution >= 0.6 is 0 Å². The number of rotatable bonds is 5. The summed E-state index contributed by atoms with van der Waals surface area (Å²) in [6, 6.07) is 9.39. The molecule has 1 aromatic rings. The molecule has 4 nitrogen and oxygen atoms in total. The highest BCUT2D eigenvalue weighted by atomic mass is 17.3. The molecule has 0 unspecified atom stereocenters. The van der Waals surface area contributed by atoms with Gasteiger partial charge in [-0.3, -0.25) is 0 Å². The highest BCUT2D eigenvalue weighted by molar-refractivity contribution is 5.19. The minimum absolute atomic E-state index is 0.809. The first-order chi connectivity index (χ1) is 6.73. The zero-order chi connectivity index (χ0) is 10.4. The first-order valence-electron chi connectivity index (χ1n) is 4.22. The van der Waals surface area contributed by atoms with Crippen molar-refractivity contribution in [3.63, 3.8) is 0 Å². The molecular weight excluding hydrogens is 184 g/mol. The summed E-state index contributed by atoms with van der Waals surface area (Å²) in [7, 11) is 2.83. The molecule has 0 saturated heterocycles. The monoisotopic (exact) mass is 198 g/mol. The quantitative estimate of drug-likeness (QED) is 0.412. The molecule has 1 aromatic carbocycles. The van der Waals surface area contributed by atoms with E-state index in [1.807, 2.05) is 30.3 Å². The van der Waals surface area contributed by atoms with E-state index in [0.29, 0.717) is 0 Å². The van der Waals surface area contributed by atoms with Crippen molar-refractivity contribution in [3.05, 3.63) is 35.9 Å². The van der Waals surface area contributed by atoms with E-state index < -0.39 is 5.79 Å². The van der Waals surface area contributed by atoms with Crippen molar-refractivity contribution in [1.29, 1.82) is 0 Å². The van der Waals surface area contributed by atoms with Crippen LogP contribution in [0.3, 0.4) is 0 Å². The van der Waals surface area contributed by atoms with Gasteiger partial charge in [-0.25, -0.2) is 9.78 Å². The Labute approximate surface area is 83.2 Å². The first kappa shape index (κ1) is 11.1. The van der Waals surface area contributed by atoms with Crippen LogP contribution in [0.15, 0.2) is 30.3 Å². The molecule has 78 valence electrons. The second-order valence-corrected chi connectivity index (χ2v) is 2.81. The summed E-state index contributed by atoms with van der Waals surface area (Å²) in [4.78, 5) is 19.2. The molecule has 0 aromatic heterocycles. The van der Waals surface area contributed by atoms with Crippen LogP contribution in [0, 0.1) is 0 Å². The fraction of sp³-hybridized carbons (Fsp3) is 0.400. The van der Waals surface area contributed by atoms with Crippen LogP contribution in [-0.2, 0) is 25.3 Å². The summed E-state index contributed by atoms with van der Waals surface area (Å²) in [5.74, 6) is -1.05. The van der Waals surface area contributed by atoms with Crippen LogP contribution < -0.4 is 0 Å². The zero-order valence-corrected chi connectivity index (χ0v) is 8.52. The molecule has 0 N–H and O–H groups in total. The maximum Gasteiger partial charge on any atom is 0.256 e. The molecule has 0 atom stereocenters. The Hall–Kier alpha value is -0.940. The molecule has 0 heterocycles. The van der Waals surface area contributed by atoms with Gasteiger partial charge in [-0.15, -0.1) is 0 Å². The third-order valence-electron chi connectivity index (χ3n) is 1.78. The standard InChI is InChI=1S/C10H14O4/c1-10(13-11-2,14-12-3)9-7-5-4-6-8-9/h4-8H,1-3H3. The lowest BCUT2D eigenvalue weighted by molar-refractivity contribution is -0.503. The van der Waals surface area contributed by atoms with E-state index in [1.165, 1.54) is 14.2 Å². The molecule has 0 bridgehead atoms. The van der Waals surface area contributed by atoms with Gasteiger partial charge in [0.05, 0.1) is 14.2 Å². The Bertz CT molecular complexity index is 254. The Balaban J connectivity index is 2.87. The Morgan fingerprint density at radius 3 is 1.86 bits per heavy atom. The third kappa shape index (κ3) is 2.52. The van der Waals surface area contributed by atoms with Gasteiger partial charge < -0.3 is 0 Å². The highest BCUT2D eigenvalue weighted by Gasteiger charge is 2.31. The SMILES string of the molecule is COOC(C)(OOC)c1ccccc1. The van der Waals surface area contributed by atoms with Gasteiger partial charge in [-0.1, -0.05) is 30.3 Å². The largest absolute Gasteiger partial charge is 0.256 e. The van der Waals surface area contributed by atoms with Crippen LogP contribution in [0.5, 0.6) is 0 Å². The number of benzene rings is 1. The molecule has 0 amide bonds. The summed E-state index contributed by atoms with van der Waals surface area (Å²) in [5.41, 5.74) is 0.809.